The molecule has 0 spiro atoms. The number of carbonyl (C=O) groups excluding carboxylic acids is 1. The minimum absolute atomic E-state index is 0.0241. The highest BCUT2D eigenvalue weighted by atomic mass is 16.5. The van der Waals surface area contributed by atoms with Crippen molar-refractivity contribution in [1.29, 1.82) is 0 Å². The number of imidazole rings is 1. The van der Waals surface area contributed by atoms with Crippen LogP contribution in [0.5, 0.6) is 5.88 Å². The van der Waals surface area contributed by atoms with Gasteiger partial charge in [-0.2, -0.15) is 0 Å². The van der Waals surface area contributed by atoms with Gasteiger partial charge in [0.2, 0.25) is 11.8 Å². The van der Waals surface area contributed by atoms with E-state index in [-0.39, 0.29) is 17.5 Å². The number of carbonyl (C=O) groups is 1. The molecule has 3 aromatic heterocycles. The molecule has 1 unspecified atom stereocenters. The Labute approximate surface area is 197 Å². The van der Waals surface area contributed by atoms with Gasteiger partial charge >= 0.3 is 0 Å². The van der Waals surface area contributed by atoms with Gasteiger partial charge in [0, 0.05) is 48.7 Å². The molecule has 2 saturated heterocycles. The molecule has 0 saturated carbocycles. The van der Waals surface area contributed by atoms with E-state index < -0.39 is 0 Å². The summed E-state index contributed by atoms with van der Waals surface area (Å²) in [5, 5.41) is 12.2. The highest BCUT2D eigenvalue weighted by Gasteiger charge is 2.27. The number of amides is 1. The number of hydrogen-bond donors (Lipinski definition) is 2. The third-order valence-electron chi connectivity index (χ3n) is 6.56. The second-order valence-corrected chi connectivity index (χ2v) is 9.73. The van der Waals surface area contributed by atoms with Crippen LogP contribution >= 0.6 is 0 Å². The molecule has 34 heavy (non-hydrogen) atoms. The number of anilines is 1. The second kappa shape index (κ2) is 8.02. The molecule has 5 heterocycles. The van der Waals surface area contributed by atoms with Crippen LogP contribution in [0, 0.1) is 0 Å². The SMILES string of the molecule is CC1(C)CN(c2cccc3oc(-c4cnc5ccc(OCC6CCC(=O)N6)nn45)cc23)CCN1. The van der Waals surface area contributed by atoms with Crippen LogP contribution < -0.4 is 20.3 Å². The maximum Gasteiger partial charge on any atom is 0.231 e. The standard InChI is InChI=1S/C25H28N6O3/c1-25(2)15-30(11-10-27-25)18-4-3-5-20-17(18)12-21(34-20)19-13-26-22-7-9-24(29-31(19)22)33-14-16-6-8-23(32)28-16/h3-5,7,9,12-13,16,27H,6,8,10-11,14-15H2,1-2H3,(H,28,32). The molecule has 6 rings (SSSR count). The van der Waals surface area contributed by atoms with Crippen molar-refractivity contribution in [1.82, 2.24) is 25.2 Å². The van der Waals surface area contributed by atoms with Crippen molar-refractivity contribution >= 4 is 28.2 Å². The van der Waals surface area contributed by atoms with Gasteiger partial charge in [-0.1, -0.05) is 6.07 Å². The molecule has 4 aromatic rings. The lowest BCUT2D eigenvalue weighted by molar-refractivity contribution is -0.119. The number of rotatable bonds is 5. The second-order valence-electron chi connectivity index (χ2n) is 9.73. The van der Waals surface area contributed by atoms with Gasteiger partial charge in [-0.15, -0.1) is 5.10 Å². The summed E-state index contributed by atoms with van der Waals surface area (Å²) in [6.07, 6.45) is 3.10. The third-order valence-corrected chi connectivity index (χ3v) is 6.56. The Hall–Kier alpha value is -3.59. The third kappa shape index (κ3) is 3.86. The zero-order chi connectivity index (χ0) is 23.3. The van der Waals surface area contributed by atoms with Crippen LogP contribution in [-0.4, -0.2) is 58.3 Å². The first-order chi connectivity index (χ1) is 16.4. The number of nitrogens with zero attached hydrogens (tertiary/aromatic N) is 4. The van der Waals surface area contributed by atoms with Gasteiger partial charge in [0.15, 0.2) is 11.4 Å². The first kappa shape index (κ1) is 21.0. The Bertz CT molecular complexity index is 1370. The van der Waals surface area contributed by atoms with Crippen LogP contribution in [0.25, 0.3) is 28.1 Å². The van der Waals surface area contributed by atoms with Crippen LogP contribution in [0.4, 0.5) is 5.69 Å². The summed E-state index contributed by atoms with van der Waals surface area (Å²) >= 11 is 0. The number of furan rings is 1. The summed E-state index contributed by atoms with van der Waals surface area (Å²) in [5.41, 5.74) is 3.53. The molecule has 2 aliphatic rings. The lowest BCUT2D eigenvalue weighted by Gasteiger charge is -2.40. The van der Waals surface area contributed by atoms with Crippen LogP contribution in [0.15, 0.2) is 47.0 Å². The predicted molar refractivity (Wildman–Crippen MR) is 129 cm³/mol. The number of hydrogen-bond acceptors (Lipinski definition) is 7. The molecule has 2 N–H and O–H groups in total. The Morgan fingerprint density at radius 2 is 2.18 bits per heavy atom. The molecule has 9 nitrogen and oxygen atoms in total. The number of ether oxygens (including phenoxy) is 1. The summed E-state index contributed by atoms with van der Waals surface area (Å²) in [6.45, 7) is 7.66. The van der Waals surface area contributed by atoms with Gasteiger partial charge in [-0.3, -0.25) is 4.79 Å². The fourth-order valence-corrected chi connectivity index (χ4v) is 4.88. The maximum absolute atomic E-state index is 11.4. The van der Waals surface area contributed by atoms with E-state index in [9.17, 15) is 4.79 Å². The quantitative estimate of drug-likeness (QED) is 0.473. The van der Waals surface area contributed by atoms with E-state index in [0.29, 0.717) is 30.3 Å². The topological polar surface area (TPSA) is 96.9 Å². The van der Waals surface area contributed by atoms with Crippen molar-refractivity contribution in [2.24, 2.45) is 0 Å². The van der Waals surface area contributed by atoms with Gasteiger partial charge in [0.1, 0.15) is 17.9 Å². The molecule has 1 aromatic carbocycles. The Kier molecular flexibility index (Phi) is 4.95. The van der Waals surface area contributed by atoms with Crippen molar-refractivity contribution in [2.45, 2.75) is 38.3 Å². The van der Waals surface area contributed by atoms with E-state index in [1.807, 2.05) is 18.2 Å². The fourth-order valence-electron chi connectivity index (χ4n) is 4.88. The molecule has 1 atom stereocenters. The number of fused-ring (bicyclic) bond motifs is 2. The lowest BCUT2D eigenvalue weighted by Crippen LogP contribution is -2.57. The number of aromatic nitrogens is 3. The summed E-state index contributed by atoms with van der Waals surface area (Å²) in [6, 6.07) is 12.0. The smallest absolute Gasteiger partial charge is 0.231 e. The molecule has 2 aliphatic heterocycles. The molecule has 0 radical (unpaired) electrons. The highest BCUT2D eigenvalue weighted by molar-refractivity contribution is 5.94. The largest absolute Gasteiger partial charge is 0.474 e. The number of nitrogens with one attached hydrogen (secondary N) is 2. The van der Waals surface area contributed by atoms with E-state index >= 15 is 0 Å². The highest BCUT2D eigenvalue weighted by Crippen LogP contribution is 2.35. The average molecular weight is 461 g/mol. The van der Waals surface area contributed by atoms with E-state index in [2.05, 4.69) is 51.6 Å². The van der Waals surface area contributed by atoms with Crippen molar-refractivity contribution in [3.8, 4) is 17.3 Å². The molecule has 0 bridgehead atoms. The molecule has 1 amide bonds. The van der Waals surface area contributed by atoms with Crippen LogP contribution in [0.3, 0.4) is 0 Å². The van der Waals surface area contributed by atoms with Gasteiger partial charge in [0.05, 0.1) is 12.2 Å². The monoisotopic (exact) mass is 460 g/mol. The van der Waals surface area contributed by atoms with E-state index in [1.165, 1.54) is 5.69 Å². The first-order valence-electron chi connectivity index (χ1n) is 11.8. The van der Waals surface area contributed by atoms with E-state index in [4.69, 9.17) is 9.15 Å². The zero-order valence-electron chi connectivity index (χ0n) is 19.4. The van der Waals surface area contributed by atoms with Crippen molar-refractivity contribution < 1.29 is 13.9 Å². The minimum atomic E-state index is 0.0241. The Morgan fingerprint density at radius 1 is 1.26 bits per heavy atom. The first-order valence-corrected chi connectivity index (χ1v) is 11.8. The van der Waals surface area contributed by atoms with Crippen LogP contribution in [0.1, 0.15) is 26.7 Å². The Balaban J connectivity index is 1.31. The summed E-state index contributed by atoms with van der Waals surface area (Å²) in [7, 11) is 0. The molecular weight excluding hydrogens is 432 g/mol. The van der Waals surface area contributed by atoms with Crippen LogP contribution in [0.2, 0.25) is 0 Å². The number of piperazine rings is 1. The average Bonchev–Trinajstić information content (AvgIpc) is 3.54. The van der Waals surface area contributed by atoms with E-state index in [1.54, 1.807) is 16.8 Å². The van der Waals surface area contributed by atoms with Crippen molar-refractivity contribution in [3.63, 3.8) is 0 Å². The molecule has 9 heteroatoms. The maximum atomic E-state index is 11.4. The fraction of sp³-hybridized carbons (Fsp3) is 0.400. The normalized spacial score (nSPS) is 20.2. The lowest BCUT2D eigenvalue weighted by atomic mass is 10.0. The molecule has 176 valence electrons. The van der Waals surface area contributed by atoms with Gasteiger partial charge < -0.3 is 24.7 Å². The molecule has 0 aliphatic carbocycles. The zero-order valence-corrected chi connectivity index (χ0v) is 19.4. The number of benzene rings is 1. The predicted octanol–water partition coefficient (Wildman–Crippen LogP) is 2.99. The molecule has 2 fully saturated rings. The minimum Gasteiger partial charge on any atom is -0.474 e. The van der Waals surface area contributed by atoms with Crippen LogP contribution in [-0.2, 0) is 4.79 Å². The molecular formula is C25H28N6O3. The van der Waals surface area contributed by atoms with Crippen molar-refractivity contribution in [2.75, 3.05) is 31.1 Å². The van der Waals surface area contributed by atoms with Gasteiger partial charge in [-0.05, 0) is 44.5 Å². The summed E-state index contributed by atoms with van der Waals surface area (Å²) in [4.78, 5) is 18.3. The Morgan fingerprint density at radius 3 is 3.00 bits per heavy atom. The van der Waals surface area contributed by atoms with Crippen molar-refractivity contribution in [3.05, 3.63) is 42.6 Å². The summed E-state index contributed by atoms with van der Waals surface area (Å²) in [5.74, 6) is 1.26. The van der Waals surface area contributed by atoms with Gasteiger partial charge in [-0.25, -0.2) is 9.50 Å². The van der Waals surface area contributed by atoms with Gasteiger partial charge in [0.25, 0.3) is 0 Å². The summed E-state index contributed by atoms with van der Waals surface area (Å²) < 4.78 is 13.9. The van der Waals surface area contributed by atoms with E-state index in [0.717, 1.165) is 42.7 Å².